The summed E-state index contributed by atoms with van der Waals surface area (Å²) in [5.41, 5.74) is 0. The molecule has 1 atom stereocenters. The predicted molar refractivity (Wildman–Crippen MR) is 74.7 cm³/mol. The van der Waals surface area contributed by atoms with Crippen molar-refractivity contribution in [3.8, 4) is 0 Å². The lowest BCUT2D eigenvalue weighted by Crippen LogP contribution is -2.04. The van der Waals surface area contributed by atoms with E-state index in [1.54, 1.807) is 0 Å². The van der Waals surface area contributed by atoms with Crippen molar-refractivity contribution in [2.24, 2.45) is 5.92 Å². The zero-order chi connectivity index (χ0) is 13.9. The molecule has 0 fully saturated rings. The van der Waals surface area contributed by atoms with E-state index in [0.717, 1.165) is 12.8 Å². The Hall–Kier alpha value is 0.110. The topological polar surface area (TPSA) is 44.8 Å². The van der Waals surface area contributed by atoms with E-state index < -0.39 is 7.60 Å². The molecule has 1 unspecified atom stereocenters. The molecule has 0 spiro atoms. The number of hydrogen-bond donors (Lipinski definition) is 0. The van der Waals surface area contributed by atoms with E-state index in [4.69, 9.17) is 14.1 Å². The molecule has 0 aliphatic carbocycles. The first-order valence-electron chi connectivity index (χ1n) is 7.00. The minimum Gasteiger partial charge on any atom is -0.310 e. The van der Waals surface area contributed by atoms with Gasteiger partial charge < -0.3 is 4.52 Å². The second kappa shape index (κ2) is 11.0. The van der Waals surface area contributed by atoms with Crippen LogP contribution < -0.4 is 0 Å². The lowest BCUT2D eigenvalue weighted by atomic mass is 10.1. The van der Waals surface area contributed by atoms with Crippen LogP contribution in [0.1, 0.15) is 59.3 Å². The fourth-order valence-corrected chi connectivity index (χ4v) is 2.64. The molecule has 0 radical (unpaired) electrons. The summed E-state index contributed by atoms with van der Waals surface area (Å²) in [6, 6.07) is 0. The lowest BCUT2D eigenvalue weighted by molar-refractivity contribution is -0.221. The van der Waals surface area contributed by atoms with Crippen LogP contribution in [0.4, 0.5) is 0 Å². The van der Waals surface area contributed by atoms with Gasteiger partial charge in [-0.05, 0) is 12.3 Å². The highest BCUT2D eigenvalue weighted by Gasteiger charge is 2.23. The molecule has 5 heteroatoms. The second-order valence-corrected chi connectivity index (χ2v) is 7.22. The van der Waals surface area contributed by atoms with Crippen LogP contribution in [0, 0.1) is 5.92 Å². The minimum absolute atomic E-state index is 0.351. The third-order valence-electron chi connectivity index (χ3n) is 2.63. The monoisotopic (exact) mass is 280 g/mol. The molecule has 0 aliphatic heterocycles. The van der Waals surface area contributed by atoms with Crippen LogP contribution in [0.25, 0.3) is 0 Å². The molecule has 0 amide bonds. The highest BCUT2D eigenvalue weighted by molar-refractivity contribution is 7.53. The van der Waals surface area contributed by atoms with Crippen molar-refractivity contribution in [2.45, 2.75) is 59.3 Å². The van der Waals surface area contributed by atoms with Crippen molar-refractivity contribution in [2.75, 3.05) is 19.9 Å². The summed E-state index contributed by atoms with van der Waals surface area (Å²) in [4.78, 5) is 4.96. The molecule has 0 aromatic heterocycles. The minimum atomic E-state index is -3.03. The van der Waals surface area contributed by atoms with Crippen LogP contribution in [0.3, 0.4) is 0 Å². The van der Waals surface area contributed by atoms with E-state index in [2.05, 4.69) is 6.92 Å². The molecule has 0 saturated carbocycles. The summed E-state index contributed by atoms with van der Waals surface area (Å²) in [5.74, 6) is 0.351. The van der Waals surface area contributed by atoms with Gasteiger partial charge in [-0.3, -0.25) is 4.57 Å². The van der Waals surface area contributed by atoms with Crippen molar-refractivity contribution < 1.29 is 18.7 Å². The van der Waals surface area contributed by atoms with Crippen LogP contribution in [0.15, 0.2) is 0 Å². The molecule has 4 nitrogen and oxygen atoms in total. The first-order chi connectivity index (χ1) is 8.54. The lowest BCUT2D eigenvalue weighted by Gasteiger charge is -2.15. The van der Waals surface area contributed by atoms with Gasteiger partial charge in [-0.1, -0.05) is 52.9 Å². The molecule has 18 heavy (non-hydrogen) atoms. The molecule has 0 rings (SSSR count). The Morgan fingerprint density at radius 2 is 1.67 bits per heavy atom. The van der Waals surface area contributed by atoms with Crippen molar-refractivity contribution in [3.05, 3.63) is 0 Å². The van der Waals surface area contributed by atoms with Crippen LogP contribution in [-0.2, 0) is 18.7 Å². The molecule has 0 aliphatic rings. The Labute approximate surface area is 112 Å². The Kier molecular flexibility index (Phi) is 11.0. The van der Waals surface area contributed by atoms with Crippen molar-refractivity contribution in [3.63, 3.8) is 0 Å². The first-order valence-corrected chi connectivity index (χ1v) is 8.73. The molecular weight excluding hydrogens is 251 g/mol. The highest BCUT2D eigenvalue weighted by Crippen LogP contribution is 2.48. The van der Waals surface area contributed by atoms with E-state index in [0.29, 0.717) is 18.7 Å². The summed E-state index contributed by atoms with van der Waals surface area (Å²) in [5, 5.41) is 0. The molecule has 0 aromatic carbocycles. The van der Waals surface area contributed by atoms with E-state index in [1.165, 1.54) is 32.8 Å². The van der Waals surface area contributed by atoms with Crippen LogP contribution in [0.5, 0.6) is 0 Å². The van der Waals surface area contributed by atoms with Crippen molar-refractivity contribution >= 4 is 7.60 Å². The van der Waals surface area contributed by atoms with Gasteiger partial charge in [-0.2, -0.15) is 0 Å². The Bertz CT molecular complexity index is 231. The maximum Gasteiger partial charge on any atom is 0.357 e. The highest BCUT2D eigenvalue weighted by atomic mass is 31.2. The van der Waals surface area contributed by atoms with Crippen LogP contribution in [0.2, 0.25) is 0 Å². The van der Waals surface area contributed by atoms with Gasteiger partial charge in [0.25, 0.3) is 0 Å². The Balaban J connectivity index is 3.69. The van der Waals surface area contributed by atoms with E-state index in [9.17, 15) is 4.57 Å². The van der Waals surface area contributed by atoms with Gasteiger partial charge in [0.2, 0.25) is 0 Å². The van der Waals surface area contributed by atoms with Gasteiger partial charge in [0.05, 0.1) is 12.8 Å². The molecule has 0 bridgehead atoms. The van der Waals surface area contributed by atoms with Gasteiger partial charge in [0, 0.05) is 7.11 Å². The largest absolute Gasteiger partial charge is 0.357 e. The maximum atomic E-state index is 12.1. The Morgan fingerprint density at radius 3 is 2.22 bits per heavy atom. The molecule has 0 saturated heterocycles. The normalized spacial score (nSPS) is 14.9. The summed E-state index contributed by atoms with van der Waals surface area (Å²) >= 11 is 0. The third kappa shape index (κ3) is 10.1. The molecule has 110 valence electrons. The maximum absolute atomic E-state index is 12.1. The van der Waals surface area contributed by atoms with Crippen LogP contribution in [-0.4, -0.2) is 19.9 Å². The second-order valence-electron chi connectivity index (χ2n) is 5.04. The van der Waals surface area contributed by atoms with Gasteiger partial charge >= 0.3 is 7.60 Å². The van der Waals surface area contributed by atoms with E-state index in [-0.39, 0.29) is 0 Å². The summed E-state index contributed by atoms with van der Waals surface area (Å²) in [7, 11) is -1.62. The molecule has 0 aromatic rings. The average Bonchev–Trinajstić information content (AvgIpc) is 2.33. The molecular formula is C13H29O4P. The average molecular weight is 280 g/mol. The smallest absolute Gasteiger partial charge is 0.310 e. The standard InChI is InChI=1S/C13H29O4P/c1-5-6-7-8-9-10-11-18(14,15-4)17-16-12-13(2)3/h13H,5-12H2,1-4H3. The summed E-state index contributed by atoms with van der Waals surface area (Å²) < 4.78 is 22.0. The third-order valence-corrected chi connectivity index (χ3v) is 4.38. The first kappa shape index (κ1) is 18.1. The molecule has 0 N–H and O–H groups in total. The summed E-state index contributed by atoms with van der Waals surface area (Å²) in [6.07, 6.45) is 7.32. The number of rotatable bonds is 12. The SMILES string of the molecule is CCCCCCCCP(=O)(OC)OOCC(C)C. The predicted octanol–water partition coefficient (Wildman–Crippen LogP) is 4.79. The Morgan fingerprint density at radius 1 is 1.06 bits per heavy atom. The van der Waals surface area contributed by atoms with E-state index in [1.807, 2.05) is 13.8 Å². The number of unbranched alkanes of at least 4 members (excludes halogenated alkanes) is 5. The van der Waals surface area contributed by atoms with E-state index >= 15 is 0 Å². The van der Waals surface area contributed by atoms with Crippen molar-refractivity contribution in [1.82, 2.24) is 0 Å². The summed E-state index contributed by atoms with van der Waals surface area (Å²) in [6.45, 7) is 6.65. The zero-order valence-electron chi connectivity index (χ0n) is 12.3. The van der Waals surface area contributed by atoms with Crippen LogP contribution >= 0.6 is 7.60 Å². The van der Waals surface area contributed by atoms with Gasteiger partial charge in [-0.15, -0.1) is 4.67 Å². The fourth-order valence-electron chi connectivity index (χ4n) is 1.49. The fraction of sp³-hybridized carbons (Fsp3) is 1.00. The van der Waals surface area contributed by atoms with Gasteiger partial charge in [-0.25, -0.2) is 4.89 Å². The zero-order valence-corrected chi connectivity index (χ0v) is 13.2. The van der Waals surface area contributed by atoms with Crippen molar-refractivity contribution in [1.29, 1.82) is 0 Å². The quantitative estimate of drug-likeness (QED) is 0.223. The van der Waals surface area contributed by atoms with Gasteiger partial charge in [0.15, 0.2) is 0 Å². The number of hydrogen-bond acceptors (Lipinski definition) is 4. The van der Waals surface area contributed by atoms with Gasteiger partial charge in [0.1, 0.15) is 0 Å². The molecule has 0 heterocycles.